The van der Waals surface area contributed by atoms with Crippen LogP contribution >= 0.6 is 0 Å². The molecule has 10 aromatic rings. The Morgan fingerprint density at radius 3 is 1.82 bits per heavy atom. The van der Waals surface area contributed by atoms with Gasteiger partial charge in [0.05, 0.1) is 23.3 Å². The molecule has 0 aliphatic heterocycles. The second kappa shape index (κ2) is 11.1. The molecule has 0 saturated carbocycles. The Kier molecular flexibility index (Phi) is 3.54. The van der Waals surface area contributed by atoms with E-state index in [1.165, 1.54) is 0 Å². The molecule has 1 nitrogen and oxygen atoms in total. The summed E-state index contributed by atoms with van der Waals surface area (Å²) < 4.78 is 159. The number of hydrogen-bond donors (Lipinski definition) is 0. The molecule has 0 amide bonds. The topological polar surface area (TPSA) is 13.1 Å². The van der Waals surface area contributed by atoms with E-state index in [-0.39, 0.29) is 72.1 Å². The van der Waals surface area contributed by atoms with Crippen LogP contribution in [0.4, 0.5) is 0 Å². The molecule has 0 bridgehead atoms. The van der Waals surface area contributed by atoms with Crippen LogP contribution in [0, 0.1) is 0 Å². The van der Waals surface area contributed by atoms with Crippen molar-refractivity contribution in [3.05, 3.63) is 182 Å². The van der Waals surface area contributed by atoms with Crippen LogP contribution in [-0.4, -0.2) is 0 Å². The maximum absolute atomic E-state index is 10.0. The summed E-state index contributed by atoms with van der Waals surface area (Å²) >= 11 is 0. The first-order valence-corrected chi connectivity index (χ1v) is 15.5. The van der Waals surface area contributed by atoms with Gasteiger partial charge in [-0.05, 0) is 89.6 Å². The third-order valence-electron chi connectivity index (χ3n) is 8.81. The lowest BCUT2D eigenvalue weighted by Gasteiger charge is -2.19. The standard InChI is InChI=1S/C48H30O/c1-3-14-31(15-4-1)35-28-27-34(30-43(35)32-16-5-2-6-17-32)45-37-20-9-11-22-39(37)46(40-23-12-10-21-38(40)45)41-24-13-25-44-47(41)42-29-26-33-18-7-8-19-36(33)48(42)49-44/h1-30H/i2D,5D,6D,7D,8D,13D,16D,17D,18D,19D,24D,25D,26D,27D,28D,29D,30D. The van der Waals surface area contributed by atoms with E-state index in [9.17, 15) is 6.85 Å². The van der Waals surface area contributed by atoms with Crippen LogP contribution in [0.5, 0.6) is 0 Å². The zero-order valence-electron chi connectivity index (χ0n) is 42.4. The molecule has 49 heavy (non-hydrogen) atoms. The van der Waals surface area contributed by atoms with E-state index in [1.54, 1.807) is 78.9 Å². The van der Waals surface area contributed by atoms with E-state index in [0.29, 0.717) is 32.7 Å². The molecule has 0 atom stereocenters. The number of fused-ring (bicyclic) bond motifs is 7. The van der Waals surface area contributed by atoms with Crippen LogP contribution in [0.15, 0.2) is 186 Å². The van der Waals surface area contributed by atoms with Gasteiger partial charge >= 0.3 is 0 Å². The molecule has 0 unspecified atom stereocenters. The number of benzene rings is 9. The summed E-state index contributed by atoms with van der Waals surface area (Å²) in [5, 5.41) is 0.926. The molecule has 0 N–H and O–H groups in total. The Morgan fingerprint density at radius 2 is 1.06 bits per heavy atom. The Bertz CT molecular complexity index is 3760. The van der Waals surface area contributed by atoms with E-state index >= 15 is 0 Å². The minimum atomic E-state index is -0.647. The van der Waals surface area contributed by atoms with Crippen molar-refractivity contribution in [1.82, 2.24) is 0 Å². The average molecular weight is 640 g/mol. The maximum Gasteiger partial charge on any atom is 0.143 e. The Morgan fingerprint density at radius 1 is 0.388 bits per heavy atom. The molecule has 0 aliphatic carbocycles. The fourth-order valence-corrected chi connectivity index (χ4v) is 6.74. The van der Waals surface area contributed by atoms with Crippen molar-refractivity contribution >= 4 is 54.3 Å². The minimum Gasteiger partial charge on any atom is -0.455 e. The van der Waals surface area contributed by atoms with Crippen molar-refractivity contribution in [3.63, 3.8) is 0 Å². The molecule has 10 rings (SSSR count). The average Bonchev–Trinajstić information content (AvgIpc) is 3.72. The van der Waals surface area contributed by atoms with E-state index in [2.05, 4.69) is 0 Å². The van der Waals surface area contributed by atoms with Gasteiger partial charge in [-0.25, -0.2) is 0 Å². The predicted molar refractivity (Wildman–Crippen MR) is 208 cm³/mol. The molecule has 0 fully saturated rings. The van der Waals surface area contributed by atoms with Gasteiger partial charge in [0.25, 0.3) is 0 Å². The van der Waals surface area contributed by atoms with Gasteiger partial charge in [0.1, 0.15) is 11.2 Å². The van der Waals surface area contributed by atoms with Crippen molar-refractivity contribution in [2.75, 3.05) is 0 Å². The SMILES string of the molecule is [2H]c1c([2H])c([2H])c(-c2c([2H])c(-c3c4ccccc4c(-c4c([2H])c([2H])c([2H])c5oc6c7c([2H])c([2H])c([2H])c([2H])c7c([2H])c([2H])c6c45)c4ccccc34)c([2H])c([2H])c2-c2ccccc2)c([2H])c1[2H]. The largest absolute Gasteiger partial charge is 0.455 e. The highest BCUT2D eigenvalue weighted by Crippen LogP contribution is 2.48. The summed E-state index contributed by atoms with van der Waals surface area (Å²) in [6, 6.07) is 12.8. The zero-order chi connectivity index (χ0) is 47.1. The van der Waals surface area contributed by atoms with Crippen LogP contribution in [0.1, 0.15) is 23.3 Å². The first-order chi connectivity index (χ1) is 31.4. The van der Waals surface area contributed by atoms with Crippen molar-refractivity contribution in [2.24, 2.45) is 0 Å². The van der Waals surface area contributed by atoms with Gasteiger partial charge < -0.3 is 4.42 Å². The normalized spacial score (nSPS) is 16.5. The summed E-state index contributed by atoms with van der Waals surface area (Å²) in [5.74, 6) is 0. The fraction of sp³-hybridized carbons (Fsp3) is 0. The van der Waals surface area contributed by atoms with E-state index in [0.717, 1.165) is 0 Å². The van der Waals surface area contributed by atoms with E-state index < -0.39 is 96.7 Å². The van der Waals surface area contributed by atoms with Gasteiger partial charge in [-0.15, -0.1) is 0 Å². The van der Waals surface area contributed by atoms with Crippen LogP contribution in [0.3, 0.4) is 0 Å². The highest BCUT2D eigenvalue weighted by Gasteiger charge is 2.21. The fourth-order valence-electron chi connectivity index (χ4n) is 6.74. The molecule has 0 saturated heterocycles. The Hall–Kier alpha value is -6.44. The molecule has 9 aromatic carbocycles. The molecule has 1 heterocycles. The van der Waals surface area contributed by atoms with Gasteiger partial charge in [-0.2, -0.15) is 0 Å². The van der Waals surface area contributed by atoms with E-state index in [4.69, 9.17) is 20.9 Å². The molecule has 0 spiro atoms. The summed E-state index contributed by atoms with van der Waals surface area (Å²) in [5.41, 5.74) is -0.0978. The van der Waals surface area contributed by atoms with Gasteiger partial charge in [-0.3, -0.25) is 0 Å². The molecule has 0 aliphatic rings. The molecule has 1 heteroatoms. The second-order valence-corrected chi connectivity index (χ2v) is 11.5. The van der Waals surface area contributed by atoms with Crippen molar-refractivity contribution in [1.29, 1.82) is 0 Å². The van der Waals surface area contributed by atoms with Crippen LogP contribution in [0.2, 0.25) is 0 Å². The number of rotatable bonds is 4. The van der Waals surface area contributed by atoms with Gasteiger partial charge in [-0.1, -0.05) is 163 Å². The maximum atomic E-state index is 10.0. The number of furan rings is 1. The van der Waals surface area contributed by atoms with Gasteiger partial charge in [0, 0.05) is 16.2 Å². The zero-order valence-corrected chi connectivity index (χ0v) is 25.4. The van der Waals surface area contributed by atoms with E-state index in [1.807, 2.05) is 0 Å². The third kappa shape index (κ3) is 4.33. The molecular weight excluding hydrogens is 593 g/mol. The summed E-state index contributed by atoms with van der Waals surface area (Å²) in [7, 11) is 0. The Labute approximate surface area is 308 Å². The van der Waals surface area contributed by atoms with Crippen molar-refractivity contribution in [2.45, 2.75) is 0 Å². The lowest BCUT2D eigenvalue weighted by atomic mass is 9.83. The first kappa shape index (κ1) is 15.6. The van der Waals surface area contributed by atoms with Gasteiger partial charge in [0.2, 0.25) is 0 Å². The first-order valence-electron chi connectivity index (χ1n) is 24.0. The van der Waals surface area contributed by atoms with Gasteiger partial charge in [0.15, 0.2) is 0 Å². The van der Waals surface area contributed by atoms with Crippen molar-refractivity contribution in [3.8, 4) is 44.5 Å². The Balaban J connectivity index is 1.41. The minimum absolute atomic E-state index is 0.00871. The predicted octanol–water partition coefficient (Wildman–Crippen LogP) is 13.7. The van der Waals surface area contributed by atoms with Crippen LogP contribution in [0.25, 0.3) is 98.8 Å². The third-order valence-corrected chi connectivity index (χ3v) is 8.81. The second-order valence-electron chi connectivity index (χ2n) is 11.5. The molecule has 0 radical (unpaired) electrons. The number of hydrogen-bond acceptors (Lipinski definition) is 1. The highest BCUT2D eigenvalue weighted by atomic mass is 16.3. The summed E-state index contributed by atoms with van der Waals surface area (Å²) in [4.78, 5) is 0. The molecular formula is C48H30O. The lowest BCUT2D eigenvalue weighted by Crippen LogP contribution is -1.92. The quantitative estimate of drug-likeness (QED) is 0.175. The smallest absolute Gasteiger partial charge is 0.143 e. The summed E-state index contributed by atoms with van der Waals surface area (Å²) in [6.45, 7) is 0. The monoisotopic (exact) mass is 639 g/mol. The highest BCUT2D eigenvalue weighted by molar-refractivity contribution is 6.27. The van der Waals surface area contributed by atoms with Crippen LogP contribution < -0.4 is 0 Å². The van der Waals surface area contributed by atoms with Crippen LogP contribution in [-0.2, 0) is 0 Å². The molecule has 1 aromatic heterocycles. The van der Waals surface area contributed by atoms with Crippen molar-refractivity contribution < 1.29 is 27.7 Å². The molecule has 228 valence electrons. The lowest BCUT2D eigenvalue weighted by molar-refractivity contribution is 0.673. The summed E-state index contributed by atoms with van der Waals surface area (Å²) in [6.07, 6.45) is 0.